The predicted octanol–water partition coefficient (Wildman–Crippen LogP) is 1.88. The van der Waals surface area contributed by atoms with Crippen LogP contribution in [-0.2, 0) is 0 Å². The molecule has 0 N–H and O–H groups in total. The molecule has 0 amide bonds. The third-order valence-corrected chi connectivity index (χ3v) is 2.32. The van der Waals surface area contributed by atoms with Crippen molar-refractivity contribution < 1.29 is 0 Å². The zero-order valence-electron chi connectivity index (χ0n) is 6.72. The zero-order chi connectivity index (χ0) is 6.85. The molecule has 1 nitrogen and oxygen atoms in total. The molecule has 0 aliphatic carbocycles. The van der Waals surface area contributed by atoms with Gasteiger partial charge in [-0.25, -0.2) is 0 Å². The lowest BCUT2D eigenvalue weighted by atomic mass is 10.3. The molecule has 1 aliphatic rings. The van der Waals surface area contributed by atoms with Crippen LogP contribution in [0.2, 0.25) is 0 Å². The van der Waals surface area contributed by atoms with E-state index in [0.29, 0.717) is 0 Å². The Morgan fingerprint density at radius 1 is 1.33 bits per heavy atom. The van der Waals surface area contributed by atoms with Gasteiger partial charge in [-0.3, -0.25) is 4.90 Å². The lowest BCUT2D eigenvalue weighted by Gasteiger charge is -1.96. The molecular formula is C8H17N. The average molecular weight is 127 g/mol. The van der Waals surface area contributed by atoms with E-state index < -0.39 is 0 Å². The van der Waals surface area contributed by atoms with E-state index >= 15 is 0 Å². The highest BCUT2D eigenvalue weighted by Crippen LogP contribution is 2.29. The average Bonchev–Trinajstić information content (AvgIpc) is 2.44. The van der Waals surface area contributed by atoms with Crippen LogP contribution in [0.15, 0.2) is 0 Å². The van der Waals surface area contributed by atoms with Gasteiger partial charge in [-0.15, -0.1) is 0 Å². The Balaban J connectivity index is 2.17. The van der Waals surface area contributed by atoms with Crippen LogP contribution in [0.5, 0.6) is 0 Å². The summed E-state index contributed by atoms with van der Waals surface area (Å²) in [6.45, 7) is 8.15. The largest absolute Gasteiger partial charge is 0.295 e. The summed E-state index contributed by atoms with van der Waals surface area (Å²) in [6.07, 6.45) is 2.64. The van der Waals surface area contributed by atoms with E-state index in [1.54, 1.807) is 0 Å². The second-order valence-corrected chi connectivity index (χ2v) is 2.95. The molecule has 0 spiro atoms. The van der Waals surface area contributed by atoms with Gasteiger partial charge in [-0.1, -0.05) is 13.8 Å². The third-order valence-electron chi connectivity index (χ3n) is 2.32. The van der Waals surface area contributed by atoms with Gasteiger partial charge in [0.05, 0.1) is 0 Å². The Morgan fingerprint density at radius 3 is 2.33 bits per heavy atom. The van der Waals surface area contributed by atoms with Crippen LogP contribution in [0.4, 0.5) is 0 Å². The van der Waals surface area contributed by atoms with Gasteiger partial charge >= 0.3 is 0 Å². The van der Waals surface area contributed by atoms with E-state index in [4.69, 9.17) is 0 Å². The summed E-state index contributed by atoms with van der Waals surface area (Å²) >= 11 is 0. The maximum atomic E-state index is 2.57. The topological polar surface area (TPSA) is 3.01 Å². The molecule has 1 fully saturated rings. The first-order chi connectivity index (χ1) is 4.31. The Morgan fingerprint density at radius 2 is 2.00 bits per heavy atom. The quantitative estimate of drug-likeness (QED) is 0.523. The van der Waals surface area contributed by atoms with Crippen molar-refractivity contribution in [1.82, 2.24) is 4.90 Å². The van der Waals surface area contributed by atoms with Crippen LogP contribution in [0.3, 0.4) is 0 Å². The summed E-state index contributed by atoms with van der Waals surface area (Å²) < 4.78 is 0. The molecule has 0 bridgehead atoms. The standard InChI is InChI=1S/C8H17N/c1-4-6-9-7(3)8(9)5-2/h7-8H,4-6H2,1-3H3. The smallest absolute Gasteiger partial charge is 0.0249 e. The Hall–Kier alpha value is -0.0400. The van der Waals surface area contributed by atoms with Gasteiger partial charge in [0.15, 0.2) is 0 Å². The van der Waals surface area contributed by atoms with Gasteiger partial charge < -0.3 is 0 Å². The van der Waals surface area contributed by atoms with Gasteiger partial charge in [0, 0.05) is 12.1 Å². The fourth-order valence-electron chi connectivity index (χ4n) is 1.68. The predicted molar refractivity (Wildman–Crippen MR) is 40.5 cm³/mol. The summed E-state index contributed by atoms with van der Waals surface area (Å²) in [4.78, 5) is 2.57. The van der Waals surface area contributed by atoms with Crippen molar-refractivity contribution in [3.05, 3.63) is 0 Å². The van der Waals surface area contributed by atoms with E-state index in [1.165, 1.54) is 19.4 Å². The van der Waals surface area contributed by atoms with Crippen molar-refractivity contribution in [3.63, 3.8) is 0 Å². The Kier molecular flexibility index (Phi) is 2.12. The second-order valence-electron chi connectivity index (χ2n) is 2.95. The molecule has 1 heterocycles. The fourth-order valence-corrected chi connectivity index (χ4v) is 1.68. The first-order valence-corrected chi connectivity index (χ1v) is 4.07. The van der Waals surface area contributed by atoms with Crippen LogP contribution in [0, 0.1) is 0 Å². The Bertz CT molecular complexity index is 90.6. The van der Waals surface area contributed by atoms with Crippen LogP contribution < -0.4 is 0 Å². The van der Waals surface area contributed by atoms with Crippen molar-refractivity contribution >= 4 is 0 Å². The van der Waals surface area contributed by atoms with Gasteiger partial charge in [0.2, 0.25) is 0 Å². The lowest BCUT2D eigenvalue weighted by molar-refractivity contribution is 0.476. The second kappa shape index (κ2) is 2.70. The minimum Gasteiger partial charge on any atom is -0.295 e. The van der Waals surface area contributed by atoms with E-state index in [1.807, 2.05) is 0 Å². The molecule has 0 saturated carbocycles. The molecule has 0 aromatic carbocycles. The van der Waals surface area contributed by atoms with E-state index in [-0.39, 0.29) is 0 Å². The van der Waals surface area contributed by atoms with Gasteiger partial charge in [-0.05, 0) is 26.3 Å². The first kappa shape index (κ1) is 7.07. The molecule has 0 aromatic rings. The molecule has 3 atom stereocenters. The normalized spacial score (nSPS) is 41.0. The highest BCUT2D eigenvalue weighted by Gasteiger charge is 2.40. The maximum absolute atomic E-state index is 2.57. The van der Waals surface area contributed by atoms with Crippen LogP contribution in [0.25, 0.3) is 0 Å². The van der Waals surface area contributed by atoms with Crippen LogP contribution in [-0.4, -0.2) is 23.5 Å². The number of hydrogen-bond acceptors (Lipinski definition) is 1. The summed E-state index contributed by atoms with van der Waals surface area (Å²) in [5.41, 5.74) is 0. The number of hydrogen-bond donors (Lipinski definition) is 0. The Labute approximate surface area is 58.0 Å². The van der Waals surface area contributed by atoms with E-state index in [9.17, 15) is 0 Å². The molecule has 1 aliphatic heterocycles. The summed E-state index contributed by atoms with van der Waals surface area (Å²) in [6, 6.07) is 1.81. The number of nitrogens with zero attached hydrogens (tertiary/aromatic N) is 1. The number of rotatable bonds is 3. The highest BCUT2D eigenvalue weighted by atomic mass is 15.3. The lowest BCUT2D eigenvalue weighted by Crippen LogP contribution is -2.02. The minimum atomic E-state index is 0.884. The highest BCUT2D eigenvalue weighted by molar-refractivity contribution is 4.97. The van der Waals surface area contributed by atoms with Crippen LogP contribution >= 0.6 is 0 Å². The summed E-state index contributed by atoms with van der Waals surface area (Å²) in [5, 5.41) is 0. The van der Waals surface area contributed by atoms with E-state index in [0.717, 1.165) is 12.1 Å². The van der Waals surface area contributed by atoms with Gasteiger partial charge in [0.25, 0.3) is 0 Å². The van der Waals surface area contributed by atoms with Crippen molar-refractivity contribution in [3.8, 4) is 0 Å². The SMILES string of the molecule is CCCN1C(C)C1CC. The molecule has 1 heteroatoms. The molecule has 0 radical (unpaired) electrons. The molecule has 1 saturated heterocycles. The molecular weight excluding hydrogens is 110 g/mol. The van der Waals surface area contributed by atoms with Gasteiger partial charge in [0.1, 0.15) is 0 Å². The monoisotopic (exact) mass is 127 g/mol. The molecule has 54 valence electrons. The van der Waals surface area contributed by atoms with Crippen molar-refractivity contribution in [2.24, 2.45) is 0 Å². The first-order valence-electron chi connectivity index (χ1n) is 4.07. The minimum absolute atomic E-state index is 0.884. The third kappa shape index (κ3) is 1.26. The van der Waals surface area contributed by atoms with Crippen molar-refractivity contribution in [2.75, 3.05) is 6.54 Å². The fraction of sp³-hybridized carbons (Fsp3) is 1.00. The molecule has 9 heavy (non-hydrogen) atoms. The zero-order valence-corrected chi connectivity index (χ0v) is 6.72. The van der Waals surface area contributed by atoms with Crippen LogP contribution in [0.1, 0.15) is 33.6 Å². The van der Waals surface area contributed by atoms with Gasteiger partial charge in [-0.2, -0.15) is 0 Å². The summed E-state index contributed by atoms with van der Waals surface area (Å²) in [5.74, 6) is 0. The maximum Gasteiger partial charge on any atom is 0.0249 e. The van der Waals surface area contributed by atoms with Crippen molar-refractivity contribution in [1.29, 1.82) is 0 Å². The molecule has 1 rings (SSSR count). The molecule has 0 aromatic heterocycles. The molecule has 3 unspecified atom stereocenters. The van der Waals surface area contributed by atoms with Crippen molar-refractivity contribution in [2.45, 2.75) is 45.7 Å². The summed E-state index contributed by atoms with van der Waals surface area (Å²) in [7, 11) is 0. The van der Waals surface area contributed by atoms with E-state index in [2.05, 4.69) is 25.7 Å².